The zero-order valence-electron chi connectivity index (χ0n) is 12.8. The summed E-state index contributed by atoms with van der Waals surface area (Å²) in [4.78, 5) is 29.5. The second kappa shape index (κ2) is 6.20. The number of aromatic amines is 1. The van der Waals surface area contributed by atoms with Crippen LogP contribution in [-0.4, -0.2) is 49.7 Å². The van der Waals surface area contributed by atoms with Gasteiger partial charge in [-0.3, -0.25) is 9.89 Å². The second-order valence-corrected chi connectivity index (χ2v) is 5.53. The van der Waals surface area contributed by atoms with E-state index in [1.165, 1.54) is 4.90 Å². The van der Waals surface area contributed by atoms with Crippen LogP contribution >= 0.6 is 0 Å². The van der Waals surface area contributed by atoms with Crippen LogP contribution in [0.3, 0.4) is 0 Å². The Kier molecular flexibility index (Phi) is 4.10. The Balaban J connectivity index is 1.79. The molecule has 0 radical (unpaired) electrons. The standard InChI is InChI=1S/C16H18N4O3/c1-2-13-17-14(19-18-13)10-5-7-11(8-6-10)15(21)20-9-3-4-12(20)16(22)23/h5-8,12H,2-4,9H2,1H3,(H,22,23)(H,17,18,19)/t12-/m1/s1. The highest BCUT2D eigenvalue weighted by atomic mass is 16.4. The second-order valence-electron chi connectivity index (χ2n) is 5.53. The minimum Gasteiger partial charge on any atom is -0.480 e. The number of aliphatic carboxylic acids is 1. The molecule has 0 bridgehead atoms. The van der Waals surface area contributed by atoms with Crippen molar-refractivity contribution in [1.82, 2.24) is 20.1 Å². The van der Waals surface area contributed by atoms with E-state index in [4.69, 9.17) is 0 Å². The highest BCUT2D eigenvalue weighted by molar-refractivity contribution is 5.97. The number of aryl methyl sites for hydroxylation is 1. The lowest BCUT2D eigenvalue weighted by molar-refractivity contribution is -0.141. The summed E-state index contributed by atoms with van der Waals surface area (Å²) < 4.78 is 0. The third kappa shape index (κ3) is 2.94. The summed E-state index contributed by atoms with van der Waals surface area (Å²) in [6.07, 6.45) is 2.00. The molecule has 120 valence electrons. The Hall–Kier alpha value is -2.70. The molecule has 2 aromatic rings. The average Bonchev–Trinajstić information content (AvgIpc) is 3.23. The van der Waals surface area contributed by atoms with E-state index in [0.717, 1.165) is 24.2 Å². The maximum atomic E-state index is 12.5. The van der Waals surface area contributed by atoms with Crippen LogP contribution in [0.25, 0.3) is 11.4 Å². The predicted octanol–water partition coefficient (Wildman–Crippen LogP) is 1.72. The summed E-state index contributed by atoms with van der Waals surface area (Å²) in [5, 5.41) is 16.2. The summed E-state index contributed by atoms with van der Waals surface area (Å²) in [6.45, 7) is 2.47. The molecule has 1 saturated heterocycles. The van der Waals surface area contributed by atoms with E-state index >= 15 is 0 Å². The molecule has 7 heteroatoms. The van der Waals surface area contributed by atoms with Crippen molar-refractivity contribution in [3.8, 4) is 11.4 Å². The normalized spacial score (nSPS) is 17.4. The lowest BCUT2D eigenvalue weighted by Crippen LogP contribution is -2.40. The molecule has 0 aliphatic carbocycles. The van der Waals surface area contributed by atoms with Crippen LogP contribution in [0.15, 0.2) is 24.3 Å². The molecule has 0 spiro atoms. The van der Waals surface area contributed by atoms with Crippen LogP contribution < -0.4 is 0 Å². The van der Waals surface area contributed by atoms with Crippen LogP contribution in [0.2, 0.25) is 0 Å². The maximum Gasteiger partial charge on any atom is 0.326 e. The molecular weight excluding hydrogens is 296 g/mol. The van der Waals surface area contributed by atoms with E-state index in [1.54, 1.807) is 24.3 Å². The van der Waals surface area contributed by atoms with Crippen LogP contribution in [0.1, 0.15) is 35.9 Å². The van der Waals surface area contributed by atoms with Gasteiger partial charge < -0.3 is 10.0 Å². The molecule has 2 heterocycles. The Morgan fingerprint density at radius 3 is 2.70 bits per heavy atom. The first-order chi connectivity index (χ1) is 11.1. The van der Waals surface area contributed by atoms with Crippen molar-refractivity contribution in [2.75, 3.05) is 6.54 Å². The third-order valence-corrected chi connectivity index (χ3v) is 4.06. The number of amides is 1. The number of nitrogens with zero attached hydrogens (tertiary/aromatic N) is 3. The van der Waals surface area contributed by atoms with E-state index in [1.807, 2.05) is 6.92 Å². The molecule has 1 aliphatic rings. The molecule has 1 aliphatic heterocycles. The summed E-state index contributed by atoms with van der Waals surface area (Å²) in [5.41, 5.74) is 1.29. The van der Waals surface area contributed by atoms with E-state index < -0.39 is 12.0 Å². The van der Waals surface area contributed by atoms with E-state index in [0.29, 0.717) is 24.4 Å². The highest BCUT2D eigenvalue weighted by Gasteiger charge is 2.34. The molecule has 1 amide bonds. The van der Waals surface area contributed by atoms with E-state index in [-0.39, 0.29) is 5.91 Å². The summed E-state index contributed by atoms with van der Waals surface area (Å²) in [7, 11) is 0. The minimum absolute atomic E-state index is 0.245. The molecular formula is C16H18N4O3. The number of H-pyrrole nitrogens is 1. The van der Waals surface area contributed by atoms with Gasteiger partial charge in [0.1, 0.15) is 11.9 Å². The lowest BCUT2D eigenvalue weighted by Gasteiger charge is -2.21. The predicted molar refractivity (Wildman–Crippen MR) is 82.9 cm³/mol. The van der Waals surface area contributed by atoms with Crippen LogP contribution in [0, 0.1) is 0 Å². The number of hydrogen-bond acceptors (Lipinski definition) is 4. The number of carbonyl (C=O) groups is 2. The fraction of sp³-hybridized carbons (Fsp3) is 0.375. The van der Waals surface area contributed by atoms with Crippen LogP contribution in [-0.2, 0) is 11.2 Å². The first kappa shape index (κ1) is 15.2. The van der Waals surface area contributed by atoms with E-state index in [9.17, 15) is 14.7 Å². The van der Waals surface area contributed by atoms with Crippen molar-refractivity contribution in [2.24, 2.45) is 0 Å². The van der Waals surface area contributed by atoms with Crippen molar-refractivity contribution in [1.29, 1.82) is 0 Å². The molecule has 1 aromatic carbocycles. The van der Waals surface area contributed by atoms with Crippen molar-refractivity contribution in [2.45, 2.75) is 32.2 Å². The van der Waals surface area contributed by atoms with Crippen molar-refractivity contribution >= 4 is 11.9 Å². The summed E-state index contributed by atoms with van der Waals surface area (Å²) >= 11 is 0. The van der Waals surface area contributed by atoms with Gasteiger partial charge in [-0.25, -0.2) is 9.78 Å². The fourth-order valence-corrected chi connectivity index (χ4v) is 2.78. The molecule has 0 saturated carbocycles. The Labute approximate surface area is 133 Å². The number of carbonyl (C=O) groups excluding carboxylic acids is 1. The van der Waals surface area contributed by atoms with Gasteiger partial charge in [0.05, 0.1) is 0 Å². The van der Waals surface area contributed by atoms with Gasteiger partial charge in [-0.2, -0.15) is 5.10 Å². The zero-order valence-corrected chi connectivity index (χ0v) is 12.8. The number of likely N-dealkylation sites (tertiary alicyclic amines) is 1. The van der Waals surface area contributed by atoms with Crippen LogP contribution in [0.5, 0.6) is 0 Å². The molecule has 1 aromatic heterocycles. The Bertz CT molecular complexity index is 723. The van der Waals surface area contributed by atoms with Crippen LogP contribution in [0.4, 0.5) is 0 Å². The Morgan fingerprint density at radius 2 is 2.09 bits per heavy atom. The molecule has 1 fully saturated rings. The van der Waals surface area contributed by atoms with Gasteiger partial charge in [-0.15, -0.1) is 0 Å². The number of nitrogens with one attached hydrogen (secondary N) is 1. The largest absolute Gasteiger partial charge is 0.480 e. The SMILES string of the molecule is CCc1nc(-c2ccc(C(=O)N3CCC[C@@H]3C(=O)O)cc2)n[nH]1. The van der Waals surface area contributed by atoms with Gasteiger partial charge in [0.15, 0.2) is 5.82 Å². The van der Waals surface area contributed by atoms with E-state index in [2.05, 4.69) is 15.2 Å². The van der Waals surface area contributed by atoms with Crippen molar-refractivity contribution in [3.63, 3.8) is 0 Å². The zero-order chi connectivity index (χ0) is 16.4. The number of carboxylic acid groups (broad SMARTS) is 1. The number of carboxylic acids is 1. The number of hydrogen-bond donors (Lipinski definition) is 2. The van der Waals surface area contributed by atoms with Gasteiger partial charge in [0, 0.05) is 24.1 Å². The molecule has 0 unspecified atom stereocenters. The number of rotatable bonds is 4. The number of benzene rings is 1. The molecule has 2 N–H and O–H groups in total. The quantitative estimate of drug-likeness (QED) is 0.895. The third-order valence-electron chi connectivity index (χ3n) is 4.06. The van der Waals surface area contributed by atoms with Gasteiger partial charge in [-0.1, -0.05) is 19.1 Å². The average molecular weight is 314 g/mol. The van der Waals surface area contributed by atoms with Crippen molar-refractivity contribution in [3.05, 3.63) is 35.7 Å². The Morgan fingerprint density at radius 1 is 1.35 bits per heavy atom. The lowest BCUT2D eigenvalue weighted by atomic mass is 10.1. The van der Waals surface area contributed by atoms with Gasteiger partial charge in [0.25, 0.3) is 5.91 Å². The first-order valence-corrected chi connectivity index (χ1v) is 7.65. The van der Waals surface area contributed by atoms with Gasteiger partial charge in [-0.05, 0) is 25.0 Å². The monoisotopic (exact) mass is 314 g/mol. The smallest absolute Gasteiger partial charge is 0.326 e. The summed E-state index contributed by atoms with van der Waals surface area (Å²) in [5.74, 6) is 0.206. The molecule has 7 nitrogen and oxygen atoms in total. The maximum absolute atomic E-state index is 12.5. The highest BCUT2D eigenvalue weighted by Crippen LogP contribution is 2.22. The summed E-state index contributed by atoms with van der Waals surface area (Å²) in [6, 6.07) is 6.22. The molecule has 23 heavy (non-hydrogen) atoms. The van der Waals surface area contributed by atoms with Gasteiger partial charge in [0.2, 0.25) is 0 Å². The van der Waals surface area contributed by atoms with Crippen molar-refractivity contribution < 1.29 is 14.7 Å². The topological polar surface area (TPSA) is 99.2 Å². The van der Waals surface area contributed by atoms with Gasteiger partial charge >= 0.3 is 5.97 Å². The fourth-order valence-electron chi connectivity index (χ4n) is 2.78. The first-order valence-electron chi connectivity index (χ1n) is 7.65. The minimum atomic E-state index is -0.944. The molecule has 1 atom stereocenters. The number of aromatic nitrogens is 3. The molecule has 3 rings (SSSR count).